The molecule has 2 N–H and O–H groups in total. The van der Waals surface area contributed by atoms with Gasteiger partial charge in [-0.25, -0.2) is 4.79 Å². The number of thioether (sulfide) groups is 1. The van der Waals surface area contributed by atoms with E-state index in [1.807, 2.05) is 35.8 Å². The zero-order chi connectivity index (χ0) is 26.2. The van der Waals surface area contributed by atoms with E-state index in [9.17, 15) is 14.4 Å². The van der Waals surface area contributed by atoms with E-state index in [4.69, 9.17) is 9.15 Å². The number of ether oxygens (including phenoxy) is 1. The highest BCUT2D eigenvalue weighted by molar-refractivity contribution is 7.99. The third-order valence-electron chi connectivity index (χ3n) is 5.12. The number of amides is 2. The molecular weight excluding hydrogens is 494 g/mol. The molecule has 0 atom stereocenters. The van der Waals surface area contributed by atoms with Crippen LogP contribution in [0, 0.1) is 6.92 Å². The van der Waals surface area contributed by atoms with Gasteiger partial charge in [0.2, 0.25) is 5.91 Å². The second kappa shape index (κ2) is 12.0. The van der Waals surface area contributed by atoms with Gasteiger partial charge in [0.15, 0.2) is 16.7 Å². The molecule has 4 rings (SSSR count). The van der Waals surface area contributed by atoms with E-state index in [0.29, 0.717) is 28.8 Å². The maximum atomic E-state index is 12.6. The topological polar surface area (TPSA) is 128 Å². The van der Waals surface area contributed by atoms with Gasteiger partial charge < -0.3 is 19.8 Å². The molecule has 4 aromatic rings. The molecule has 2 amide bonds. The number of hydrogen-bond donors (Lipinski definition) is 2. The van der Waals surface area contributed by atoms with Crippen LogP contribution in [0.5, 0.6) is 0 Å². The van der Waals surface area contributed by atoms with Crippen molar-refractivity contribution >= 4 is 35.2 Å². The van der Waals surface area contributed by atoms with Crippen molar-refractivity contribution in [3.63, 3.8) is 0 Å². The van der Waals surface area contributed by atoms with E-state index < -0.39 is 5.97 Å². The first-order valence-corrected chi connectivity index (χ1v) is 12.5. The first-order valence-electron chi connectivity index (χ1n) is 11.5. The van der Waals surface area contributed by atoms with Crippen molar-refractivity contribution in [3.05, 3.63) is 89.6 Å². The van der Waals surface area contributed by atoms with Crippen molar-refractivity contribution in [1.82, 2.24) is 20.1 Å². The summed E-state index contributed by atoms with van der Waals surface area (Å²) in [5, 5.41) is 14.6. The van der Waals surface area contributed by atoms with Gasteiger partial charge in [-0.1, -0.05) is 23.9 Å². The first kappa shape index (κ1) is 25.7. The average molecular weight is 520 g/mol. The van der Waals surface area contributed by atoms with Crippen molar-refractivity contribution in [3.8, 4) is 5.69 Å². The summed E-state index contributed by atoms with van der Waals surface area (Å²) in [5.74, 6) is -0.261. The van der Waals surface area contributed by atoms with Crippen molar-refractivity contribution in [1.29, 1.82) is 0 Å². The number of esters is 1. The lowest BCUT2D eigenvalue weighted by Crippen LogP contribution is -2.24. The number of hydrogen-bond acceptors (Lipinski definition) is 8. The van der Waals surface area contributed by atoms with Gasteiger partial charge >= 0.3 is 5.97 Å². The number of furan rings is 1. The fourth-order valence-corrected chi connectivity index (χ4v) is 4.19. The summed E-state index contributed by atoms with van der Waals surface area (Å²) >= 11 is 1.21. The van der Waals surface area contributed by atoms with Gasteiger partial charge in [0.1, 0.15) is 0 Å². The molecule has 2 aromatic heterocycles. The summed E-state index contributed by atoms with van der Waals surface area (Å²) < 4.78 is 11.9. The Labute approximate surface area is 217 Å². The molecule has 10 nitrogen and oxygen atoms in total. The summed E-state index contributed by atoms with van der Waals surface area (Å²) in [5.41, 5.74) is 2.81. The minimum atomic E-state index is -0.414. The predicted octanol–water partition coefficient (Wildman–Crippen LogP) is 4.01. The van der Waals surface area contributed by atoms with E-state index in [0.717, 1.165) is 11.3 Å². The molecule has 0 aliphatic heterocycles. The molecule has 0 radical (unpaired) electrons. The summed E-state index contributed by atoms with van der Waals surface area (Å²) in [4.78, 5) is 36.7. The fraction of sp³-hybridized carbons (Fsp3) is 0.192. The van der Waals surface area contributed by atoms with E-state index in [-0.39, 0.29) is 29.9 Å². The summed E-state index contributed by atoms with van der Waals surface area (Å²) in [6.45, 7) is 4.11. The van der Waals surface area contributed by atoms with Crippen molar-refractivity contribution in [2.75, 3.05) is 17.7 Å². The molecule has 0 bridgehead atoms. The lowest BCUT2D eigenvalue weighted by Gasteiger charge is -2.11. The molecule has 2 heterocycles. The van der Waals surface area contributed by atoms with Gasteiger partial charge in [-0.2, -0.15) is 0 Å². The number of anilines is 1. The Kier molecular flexibility index (Phi) is 8.37. The number of carbonyl (C=O) groups is 3. The molecule has 0 aliphatic rings. The molecule has 0 saturated heterocycles. The second-order valence-electron chi connectivity index (χ2n) is 7.87. The fourth-order valence-electron chi connectivity index (χ4n) is 3.42. The Morgan fingerprint density at radius 3 is 2.57 bits per heavy atom. The van der Waals surface area contributed by atoms with Crippen molar-refractivity contribution < 1.29 is 23.5 Å². The normalized spacial score (nSPS) is 10.6. The zero-order valence-electron chi connectivity index (χ0n) is 20.3. The highest BCUT2D eigenvalue weighted by atomic mass is 32.2. The number of benzene rings is 2. The molecule has 0 unspecified atom stereocenters. The third-order valence-corrected chi connectivity index (χ3v) is 6.05. The van der Waals surface area contributed by atoms with Crippen LogP contribution in [0.15, 0.2) is 76.5 Å². The Morgan fingerprint density at radius 2 is 1.86 bits per heavy atom. The van der Waals surface area contributed by atoms with Gasteiger partial charge in [0, 0.05) is 11.4 Å². The minimum absolute atomic E-state index is 0.0718. The van der Waals surface area contributed by atoms with E-state index in [1.54, 1.807) is 43.3 Å². The number of nitrogens with one attached hydrogen (secondary N) is 2. The molecule has 0 fully saturated rings. The van der Waals surface area contributed by atoms with Crippen LogP contribution >= 0.6 is 11.8 Å². The number of rotatable bonds is 10. The van der Waals surface area contributed by atoms with E-state index in [2.05, 4.69) is 20.8 Å². The van der Waals surface area contributed by atoms with Crippen LogP contribution in [0.2, 0.25) is 0 Å². The molecule has 190 valence electrons. The predicted molar refractivity (Wildman–Crippen MR) is 138 cm³/mol. The van der Waals surface area contributed by atoms with E-state index in [1.165, 1.54) is 18.0 Å². The van der Waals surface area contributed by atoms with Gasteiger partial charge in [-0.3, -0.25) is 14.2 Å². The second-order valence-corrected chi connectivity index (χ2v) is 8.81. The highest BCUT2D eigenvalue weighted by Crippen LogP contribution is 2.23. The van der Waals surface area contributed by atoms with Crippen LogP contribution in [-0.2, 0) is 16.1 Å². The third kappa shape index (κ3) is 6.64. The standard InChI is InChI=1S/C26H25N5O5S/c1-3-35-25(34)18-9-11-19(12-10-18)28-23(32)16-37-26-30-29-22(15-27-24(33)21-8-5-13-36-21)31(26)20-7-4-6-17(2)14-20/h4-14H,3,15-16H2,1-2H3,(H,27,33)(H,28,32). The van der Waals surface area contributed by atoms with Crippen LogP contribution in [-0.4, -0.2) is 44.9 Å². The zero-order valence-corrected chi connectivity index (χ0v) is 21.1. The summed E-state index contributed by atoms with van der Waals surface area (Å²) in [6.07, 6.45) is 1.43. The number of aryl methyl sites for hydroxylation is 1. The van der Waals surface area contributed by atoms with Crippen molar-refractivity contribution in [2.24, 2.45) is 0 Å². The molecule has 0 spiro atoms. The smallest absolute Gasteiger partial charge is 0.338 e. The maximum Gasteiger partial charge on any atom is 0.338 e. The van der Waals surface area contributed by atoms with Crippen LogP contribution in [0.3, 0.4) is 0 Å². The monoisotopic (exact) mass is 519 g/mol. The molecule has 0 aliphatic carbocycles. The van der Waals surface area contributed by atoms with Gasteiger partial charge in [0.25, 0.3) is 5.91 Å². The molecular formula is C26H25N5O5S. The molecule has 2 aromatic carbocycles. The van der Waals surface area contributed by atoms with Gasteiger partial charge in [-0.15, -0.1) is 10.2 Å². The van der Waals surface area contributed by atoms with Crippen molar-refractivity contribution in [2.45, 2.75) is 25.5 Å². The largest absolute Gasteiger partial charge is 0.462 e. The SMILES string of the molecule is CCOC(=O)c1ccc(NC(=O)CSc2nnc(CNC(=O)c3ccco3)n2-c2cccc(C)c2)cc1. The van der Waals surface area contributed by atoms with Gasteiger partial charge in [0.05, 0.1) is 30.7 Å². The van der Waals surface area contributed by atoms with Gasteiger partial charge in [-0.05, 0) is 67.9 Å². The lowest BCUT2D eigenvalue weighted by atomic mass is 10.2. The number of nitrogens with zero attached hydrogens (tertiary/aromatic N) is 3. The van der Waals surface area contributed by atoms with Crippen LogP contribution in [0.25, 0.3) is 5.69 Å². The maximum absolute atomic E-state index is 12.6. The first-order chi connectivity index (χ1) is 17.9. The number of carbonyl (C=O) groups excluding carboxylic acids is 3. The highest BCUT2D eigenvalue weighted by Gasteiger charge is 2.18. The molecule has 0 saturated carbocycles. The van der Waals surface area contributed by atoms with Crippen LogP contribution in [0.1, 0.15) is 39.2 Å². The van der Waals surface area contributed by atoms with Crippen LogP contribution in [0.4, 0.5) is 5.69 Å². The Morgan fingerprint density at radius 1 is 1.05 bits per heavy atom. The van der Waals surface area contributed by atoms with E-state index >= 15 is 0 Å². The number of aromatic nitrogens is 3. The summed E-state index contributed by atoms with van der Waals surface area (Å²) in [6, 6.07) is 17.4. The minimum Gasteiger partial charge on any atom is -0.462 e. The Balaban J connectivity index is 1.44. The Bertz CT molecular complexity index is 1380. The lowest BCUT2D eigenvalue weighted by molar-refractivity contribution is -0.113. The van der Waals surface area contributed by atoms with Crippen LogP contribution < -0.4 is 10.6 Å². The molecule has 11 heteroatoms. The molecule has 37 heavy (non-hydrogen) atoms. The Hall–Kier alpha value is -4.38. The summed E-state index contributed by atoms with van der Waals surface area (Å²) in [7, 11) is 0. The average Bonchev–Trinajstić information content (AvgIpc) is 3.57. The quantitative estimate of drug-likeness (QED) is 0.238.